The number of aliphatic hydroxyl groups is 1. The Labute approximate surface area is 105 Å². The van der Waals surface area contributed by atoms with Crippen LogP contribution in [0, 0.1) is 29.1 Å². The maximum atomic E-state index is 9.84. The predicted octanol–water partition coefficient (Wildman–Crippen LogP) is 2.87. The van der Waals surface area contributed by atoms with Gasteiger partial charge in [0.1, 0.15) is 0 Å². The number of hydrogen-bond acceptors (Lipinski definition) is 2. The standard InChI is InChI=1S/C15H26O2/c1-9(2)14-13-10(3)6-11(4)15(7-16,8-17-14)12(13)5/h6,9,11-14,16H,7-8H2,1-5H3/t11-,12-,13+,14-,15+/m0/s1. The molecule has 17 heavy (non-hydrogen) atoms. The van der Waals surface area contributed by atoms with Crippen LogP contribution in [-0.2, 0) is 4.74 Å². The molecule has 0 unspecified atom stereocenters. The Bertz CT molecular complexity index is 321. The first-order valence-corrected chi connectivity index (χ1v) is 6.85. The van der Waals surface area contributed by atoms with Gasteiger partial charge in [-0.1, -0.05) is 39.3 Å². The molecule has 0 aromatic carbocycles. The number of fused-ring (bicyclic) bond motifs is 2. The number of allylic oxidation sites excluding steroid dienone is 1. The maximum absolute atomic E-state index is 9.84. The summed E-state index contributed by atoms with van der Waals surface area (Å²) in [7, 11) is 0. The molecule has 1 fully saturated rings. The molecule has 5 atom stereocenters. The average molecular weight is 238 g/mol. The van der Waals surface area contributed by atoms with E-state index in [1.807, 2.05) is 0 Å². The lowest BCUT2D eigenvalue weighted by molar-refractivity contribution is -0.174. The Balaban J connectivity index is 2.41. The van der Waals surface area contributed by atoms with Crippen LogP contribution in [0.15, 0.2) is 11.6 Å². The minimum atomic E-state index is -0.0600. The van der Waals surface area contributed by atoms with Crippen molar-refractivity contribution in [2.24, 2.45) is 29.1 Å². The molecule has 0 amide bonds. The summed E-state index contributed by atoms with van der Waals surface area (Å²) in [5, 5.41) is 9.84. The predicted molar refractivity (Wildman–Crippen MR) is 69.7 cm³/mol. The van der Waals surface area contributed by atoms with Crippen molar-refractivity contribution >= 4 is 0 Å². The second kappa shape index (κ2) is 4.40. The van der Waals surface area contributed by atoms with E-state index in [0.29, 0.717) is 36.4 Å². The van der Waals surface area contributed by atoms with Crippen LogP contribution in [0.25, 0.3) is 0 Å². The zero-order chi connectivity index (χ0) is 12.8. The second-order valence-corrected chi connectivity index (χ2v) is 6.42. The Kier molecular flexibility index (Phi) is 3.39. The van der Waals surface area contributed by atoms with Crippen LogP contribution in [0.4, 0.5) is 0 Å². The first kappa shape index (κ1) is 13.1. The third kappa shape index (κ3) is 1.77. The molecule has 0 spiro atoms. The van der Waals surface area contributed by atoms with Crippen LogP contribution in [0.3, 0.4) is 0 Å². The van der Waals surface area contributed by atoms with Gasteiger partial charge in [-0.25, -0.2) is 0 Å². The molecule has 2 aliphatic rings. The van der Waals surface area contributed by atoms with E-state index in [2.05, 4.69) is 40.7 Å². The minimum absolute atomic E-state index is 0.0600. The molecule has 1 N–H and O–H groups in total. The third-order valence-corrected chi connectivity index (χ3v) is 5.24. The van der Waals surface area contributed by atoms with Crippen LogP contribution < -0.4 is 0 Å². The fraction of sp³-hybridized carbons (Fsp3) is 0.867. The normalized spacial score (nSPS) is 45.9. The largest absolute Gasteiger partial charge is 0.396 e. The van der Waals surface area contributed by atoms with Gasteiger partial charge in [0.25, 0.3) is 0 Å². The smallest absolute Gasteiger partial charge is 0.0666 e. The molecule has 1 saturated heterocycles. The molecule has 2 rings (SSSR count). The SMILES string of the molecule is CC1=C[C@H](C)[C@@]2(CO)CO[C@@H](C(C)C)[C@H]1[C@@H]2C. The molecule has 0 aromatic rings. The Morgan fingerprint density at radius 3 is 2.65 bits per heavy atom. The van der Waals surface area contributed by atoms with Crippen molar-refractivity contribution in [2.75, 3.05) is 13.2 Å². The van der Waals surface area contributed by atoms with E-state index >= 15 is 0 Å². The van der Waals surface area contributed by atoms with Gasteiger partial charge in [0.05, 0.1) is 19.3 Å². The first-order valence-electron chi connectivity index (χ1n) is 6.85. The van der Waals surface area contributed by atoms with Gasteiger partial charge in [-0.2, -0.15) is 0 Å². The summed E-state index contributed by atoms with van der Waals surface area (Å²) in [5.41, 5.74) is 1.39. The van der Waals surface area contributed by atoms with Crippen LogP contribution in [0.5, 0.6) is 0 Å². The van der Waals surface area contributed by atoms with Crippen LogP contribution in [0.1, 0.15) is 34.6 Å². The van der Waals surface area contributed by atoms with Crippen molar-refractivity contribution in [2.45, 2.75) is 40.7 Å². The van der Waals surface area contributed by atoms with Crippen molar-refractivity contribution < 1.29 is 9.84 Å². The van der Waals surface area contributed by atoms with Crippen molar-refractivity contribution in [1.82, 2.24) is 0 Å². The molecule has 0 radical (unpaired) electrons. The van der Waals surface area contributed by atoms with E-state index in [1.165, 1.54) is 5.57 Å². The highest BCUT2D eigenvalue weighted by molar-refractivity contribution is 5.21. The number of hydrogen-bond donors (Lipinski definition) is 1. The summed E-state index contributed by atoms with van der Waals surface area (Å²) in [6.45, 7) is 12.1. The highest BCUT2D eigenvalue weighted by Gasteiger charge is 2.53. The van der Waals surface area contributed by atoms with Gasteiger partial charge in [-0.15, -0.1) is 0 Å². The topological polar surface area (TPSA) is 29.5 Å². The Morgan fingerprint density at radius 1 is 1.47 bits per heavy atom. The van der Waals surface area contributed by atoms with Crippen LogP contribution in [0.2, 0.25) is 0 Å². The molecule has 2 nitrogen and oxygen atoms in total. The monoisotopic (exact) mass is 238 g/mol. The lowest BCUT2D eigenvalue weighted by Crippen LogP contribution is -2.57. The molecular formula is C15H26O2. The quantitative estimate of drug-likeness (QED) is 0.750. The summed E-state index contributed by atoms with van der Waals surface area (Å²) in [5.74, 6) is 1.93. The van der Waals surface area contributed by atoms with E-state index in [0.717, 1.165) is 0 Å². The lowest BCUT2D eigenvalue weighted by Gasteiger charge is -2.55. The summed E-state index contributed by atoms with van der Waals surface area (Å²) >= 11 is 0. The van der Waals surface area contributed by atoms with Crippen molar-refractivity contribution in [1.29, 1.82) is 0 Å². The van der Waals surface area contributed by atoms with E-state index in [4.69, 9.17) is 4.74 Å². The molecular weight excluding hydrogens is 212 g/mol. The molecule has 1 aliphatic carbocycles. The second-order valence-electron chi connectivity index (χ2n) is 6.42. The molecule has 1 heterocycles. The molecule has 2 bridgehead atoms. The van der Waals surface area contributed by atoms with Gasteiger partial charge in [0.15, 0.2) is 0 Å². The maximum Gasteiger partial charge on any atom is 0.0666 e. The van der Waals surface area contributed by atoms with Gasteiger partial charge in [-0.05, 0) is 24.7 Å². The van der Waals surface area contributed by atoms with Crippen LogP contribution in [-0.4, -0.2) is 24.4 Å². The van der Waals surface area contributed by atoms with Gasteiger partial charge in [-0.3, -0.25) is 0 Å². The summed E-state index contributed by atoms with van der Waals surface area (Å²) in [6, 6.07) is 0. The van der Waals surface area contributed by atoms with Crippen molar-refractivity contribution in [3.8, 4) is 0 Å². The van der Waals surface area contributed by atoms with Gasteiger partial charge < -0.3 is 9.84 Å². The van der Waals surface area contributed by atoms with Gasteiger partial charge in [0, 0.05) is 11.3 Å². The molecule has 98 valence electrons. The Hall–Kier alpha value is -0.340. The van der Waals surface area contributed by atoms with Gasteiger partial charge in [0.2, 0.25) is 0 Å². The van der Waals surface area contributed by atoms with Crippen molar-refractivity contribution in [3.05, 3.63) is 11.6 Å². The average Bonchev–Trinajstić information content (AvgIpc) is 2.26. The molecule has 0 aromatic heterocycles. The molecule has 2 heteroatoms. The van der Waals surface area contributed by atoms with E-state index < -0.39 is 0 Å². The summed E-state index contributed by atoms with van der Waals surface area (Å²) < 4.78 is 6.11. The van der Waals surface area contributed by atoms with E-state index in [-0.39, 0.29) is 12.0 Å². The van der Waals surface area contributed by atoms with E-state index in [9.17, 15) is 5.11 Å². The fourth-order valence-corrected chi connectivity index (χ4v) is 3.94. The zero-order valence-corrected chi connectivity index (χ0v) is 11.7. The lowest BCUT2D eigenvalue weighted by atomic mass is 9.55. The fourth-order valence-electron chi connectivity index (χ4n) is 3.94. The minimum Gasteiger partial charge on any atom is -0.396 e. The van der Waals surface area contributed by atoms with Crippen molar-refractivity contribution in [3.63, 3.8) is 0 Å². The zero-order valence-electron chi connectivity index (χ0n) is 11.7. The summed E-state index contributed by atoms with van der Waals surface area (Å²) in [4.78, 5) is 0. The van der Waals surface area contributed by atoms with Gasteiger partial charge >= 0.3 is 0 Å². The number of aliphatic hydroxyl groups excluding tert-OH is 1. The van der Waals surface area contributed by atoms with E-state index in [1.54, 1.807) is 0 Å². The number of ether oxygens (including phenoxy) is 1. The van der Waals surface area contributed by atoms with Crippen LogP contribution >= 0.6 is 0 Å². The third-order valence-electron chi connectivity index (χ3n) is 5.24. The highest BCUT2D eigenvalue weighted by Crippen LogP contribution is 2.53. The Morgan fingerprint density at radius 2 is 2.12 bits per heavy atom. The summed E-state index contributed by atoms with van der Waals surface area (Å²) in [6.07, 6.45) is 2.67. The first-order chi connectivity index (χ1) is 7.94. The highest BCUT2D eigenvalue weighted by atomic mass is 16.5. The number of rotatable bonds is 2. The molecule has 0 saturated carbocycles. The molecule has 1 aliphatic heterocycles.